The highest BCUT2D eigenvalue weighted by atomic mass is 35.5. The molecule has 0 radical (unpaired) electrons. The fourth-order valence-electron chi connectivity index (χ4n) is 1.55. The van der Waals surface area contributed by atoms with Gasteiger partial charge >= 0.3 is 0 Å². The molecule has 0 saturated carbocycles. The second kappa shape index (κ2) is 7.58. The van der Waals surface area contributed by atoms with Crippen LogP contribution in [0, 0.1) is 13.8 Å². The maximum absolute atomic E-state index is 12.1. The second-order valence-corrected chi connectivity index (χ2v) is 5.73. The molecule has 0 aromatic carbocycles. The number of halogens is 1. The average Bonchev–Trinajstić information content (AvgIpc) is 2.65. The summed E-state index contributed by atoms with van der Waals surface area (Å²) < 4.78 is 31.3. The Bertz CT molecular complexity index is 538. The van der Waals surface area contributed by atoms with Crippen molar-refractivity contribution in [2.24, 2.45) is 5.73 Å². The van der Waals surface area contributed by atoms with E-state index in [9.17, 15) is 13.2 Å². The molecular formula is C10H19ClN4O4S. The first kappa shape index (κ1) is 18.8. The number of nitrogens with one attached hydrogen (secondary N) is 2. The number of nitrogens with two attached hydrogens (primary N) is 1. The van der Waals surface area contributed by atoms with Crippen molar-refractivity contribution in [1.82, 2.24) is 15.2 Å². The summed E-state index contributed by atoms with van der Waals surface area (Å²) in [6, 6.07) is -0.912. The zero-order valence-electron chi connectivity index (χ0n) is 11.5. The van der Waals surface area contributed by atoms with Crippen LogP contribution in [0.15, 0.2) is 9.42 Å². The lowest BCUT2D eigenvalue weighted by molar-refractivity contribution is -0.122. The number of carbonyl (C=O) groups is 1. The summed E-state index contributed by atoms with van der Waals surface area (Å²) in [5.74, 6) is -0.264. The van der Waals surface area contributed by atoms with E-state index in [2.05, 4.69) is 15.2 Å². The predicted octanol–water partition coefficient (Wildman–Crippen LogP) is -0.545. The van der Waals surface area contributed by atoms with Gasteiger partial charge in [0.25, 0.3) is 0 Å². The molecule has 0 bridgehead atoms. The number of hydrogen-bond donors (Lipinski definition) is 3. The third-order valence-corrected chi connectivity index (χ3v) is 4.19. The molecule has 0 saturated heterocycles. The normalized spacial score (nSPS) is 12.6. The van der Waals surface area contributed by atoms with Crippen LogP contribution in [0.25, 0.3) is 0 Å². The van der Waals surface area contributed by atoms with Gasteiger partial charge in [0.1, 0.15) is 10.6 Å². The second-order valence-electron chi connectivity index (χ2n) is 4.08. The highest BCUT2D eigenvalue weighted by Gasteiger charge is 2.27. The molecule has 1 rings (SSSR count). The SMILES string of the molecule is Cc1noc(C)c1S(=O)(=O)NC(C)C(=O)NCCN.Cl. The zero-order chi connectivity index (χ0) is 14.6. The van der Waals surface area contributed by atoms with Crippen LogP contribution in [0.2, 0.25) is 0 Å². The third-order valence-electron chi connectivity index (χ3n) is 2.41. The van der Waals surface area contributed by atoms with E-state index in [1.54, 1.807) is 0 Å². The van der Waals surface area contributed by atoms with E-state index in [0.29, 0.717) is 0 Å². The first-order chi connectivity index (χ1) is 8.79. The molecule has 20 heavy (non-hydrogen) atoms. The molecule has 1 aromatic heterocycles. The monoisotopic (exact) mass is 326 g/mol. The molecule has 0 aliphatic carbocycles. The number of rotatable bonds is 6. The number of aryl methyl sites for hydroxylation is 2. The van der Waals surface area contributed by atoms with E-state index in [1.165, 1.54) is 20.8 Å². The van der Waals surface area contributed by atoms with Gasteiger partial charge in [-0.05, 0) is 20.8 Å². The Hall–Kier alpha value is -1.16. The molecule has 1 unspecified atom stereocenters. The predicted molar refractivity (Wildman–Crippen MR) is 75.1 cm³/mol. The number of nitrogens with zero attached hydrogens (tertiary/aromatic N) is 1. The minimum atomic E-state index is -3.85. The van der Waals surface area contributed by atoms with Gasteiger partial charge in [-0.1, -0.05) is 5.16 Å². The largest absolute Gasteiger partial charge is 0.360 e. The molecular weight excluding hydrogens is 308 g/mol. The number of amides is 1. The van der Waals surface area contributed by atoms with Gasteiger partial charge in [0.2, 0.25) is 15.9 Å². The van der Waals surface area contributed by atoms with Gasteiger partial charge in [0, 0.05) is 13.1 Å². The van der Waals surface area contributed by atoms with Crippen LogP contribution in [0.5, 0.6) is 0 Å². The van der Waals surface area contributed by atoms with E-state index in [1.807, 2.05) is 0 Å². The molecule has 0 fully saturated rings. The number of sulfonamides is 1. The zero-order valence-corrected chi connectivity index (χ0v) is 13.1. The number of hydrogen-bond acceptors (Lipinski definition) is 6. The lowest BCUT2D eigenvalue weighted by Crippen LogP contribution is -2.46. The van der Waals surface area contributed by atoms with Crippen LogP contribution in [0.4, 0.5) is 0 Å². The highest BCUT2D eigenvalue weighted by molar-refractivity contribution is 7.89. The van der Waals surface area contributed by atoms with Crippen molar-refractivity contribution in [1.29, 1.82) is 0 Å². The van der Waals surface area contributed by atoms with Crippen molar-refractivity contribution in [3.05, 3.63) is 11.5 Å². The summed E-state index contributed by atoms with van der Waals surface area (Å²) in [6.45, 7) is 5.03. The van der Waals surface area contributed by atoms with E-state index < -0.39 is 22.0 Å². The van der Waals surface area contributed by atoms with Gasteiger partial charge < -0.3 is 15.6 Å². The molecule has 1 aromatic rings. The number of carbonyl (C=O) groups excluding carboxylic acids is 1. The lowest BCUT2D eigenvalue weighted by Gasteiger charge is -2.13. The molecule has 4 N–H and O–H groups in total. The number of aromatic nitrogens is 1. The van der Waals surface area contributed by atoms with E-state index >= 15 is 0 Å². The van der Waals surface area contributed by atoms with E-state index in [-0.39, 0.29) is 41.8 Å². The molecule has 1 atom stereocenters. The topological polar surface area (TPSA) is 127 Å². The van der Waals surface area contributed by atoms with Crippen molar-refractivity contribution in [2.45, 2.75) is 31.7 Å². The van der Waals surface area contributed by atoms with Gasteiger partial charge in [-0.15, -0.1) is 12.4 Å². The van der Waals surface area contributed by atoms with Gasteiger partial charge in [-0.3, -0.25) is 4.79 Å². The maximum atomic E-state index is 12.1. The molecule has 116 valence electrons. The van der Waals surface area contributed by atoms with Crippen molar-refractivity contribution >= 4 is 28.3 Å². The van der Waals surface area contributed by atoms with Crippen molar-refractivity contribution < 1.29 is 17.7 Å². The van der Waals surface area contributed by atoms with E-state index in [4.69, 9.17) is 10.3 Å². The fraction of sp³-hybridized carbons (Fsp3) is 0.600. The first-order valence-corrected chi connectivity index (χ1v) is 7.21. The fourth-order valence-corrected chi connectivity index (χ4v) is 3.08. The first-order valence-electron chi connectivity index (χ1n) is 5.72. The van der Waals surface area contributed by atoms with Crippen LogP contribution in [0.1, 0.15) is 18.4 Å². The highest BCUT2D eigenvalue weighted by Crippen LogP contribution is 2.18. The van der Waals surface area contributed by atoms with Crippen LogP contribution in [-0.2, 0) is 14.8 Å². The average molecular weight is 327 g/mol. The summed E-state index contributed by atoms with van der Waals surface area (Å²) in [5, 5.41) is 6.07. The summed E-state index contributed by atoms with van der Waals surface area (Å²) in [5.41, 5.74) is 5.50. The van der Waals surface area contributed by atoms with Gasteiger partial charge in [-0.2, -0.15) is 4.72 Å². The van der Waals surface area contributed by atoms with Crippen LogP contribution in [0.3, 0.4) is 0 Å². The lowest BCUT2D eigenvalue weighted by atomic mass is 10.3. The Morgan fingerprint density at radius 2 is 2.05 bits per heavy atom. The summed E-state index contributed by atoms with van der Waals surface area (Å²) in [4.78, 5) is 11.6. The molecule has 1 heterocycles. The summed E-state index contributed by atoms with van der Waals surface area (Å²) in [7, 11) is -3.85. The van der Waals surface area contributed by atoms with Crippen molar-refractivity contribution in [2.75, 3.05) is 13.1 Å². The molecule has 8 nitrogen and oxygen atoms in total. The Labute approximate surface area is 123 Å². The van der Waals surface area contributed by atoms with Crippen molar-refractivity contribution in [3.63, 3.8) is 0 Å². The summed E-state index contributed by atoms with van der Waals surface area (Å²) >= 11 is 0. The Balaban J connectivity index is 0.00000361. The standard InChI is InChI=1S/C10H18N4O4S.ClH/c1-6-9(8(3)18-13-6)19(16,17)14-7(2)10(15)12-5-4-11;/h7,14H,4-5,11H2,1-3H3,(H,12,15);1H. The van der Waals surface area contributed by atoms with Crippen molar-refractivity contribution in [3.8, 4) is 0 Å². The van der Waals surface area contributed by atoms with Crippen LogP contribution < -0.4 is 15.8 Å². The molecule has 0 aliphatic heterocycles. The Morgan fingerprint density at radius 3 is 2.50 bits per heavy atom. The van der Waals surface area contributed by atoms with Gasteiger partial charge in [0.15, 0.2) is 5.76 Å². The molecule has 10 heteroatoms. The summed E-state index contributed by atoms with van der Waals surface area (Å²) in [6.07, 6.45) is 0. The van der Waals surface area contributed by atoms with E-state index in [0.717, 1.165) is 0 Å². The smallest absolute Gasteiger partial charge is 0.246 e. The Morgan fingerprint density at radius 1 is 1.45 bits per heavy atom. The molecule has 0 spiro atoms. The van der Waals surface area contributed by atoms with Crippen LogP contribution >= 0.6 is 12.4 Å². The Kier molecular flexibility index (Phi) is 7.14. The maximum Gasteiger partial charge on any atom is 0.246 e. The minimum absolute atomic E-state index is 0. The van der Waals surface area contributed by atoms with Gasteiger partial charge in [0.05, 0.1) is 6.04 Å². The minimum Gasteiger partial charge on any atom is -0.360 e. The molecule has 1 amide bonds. The third kappa shape index (κ3) is 4.44. The van der Waals surface area contributed by atoms with Gasteiger partial charge in [-0.25, -0.2) is 8.42 Å². The van der Waals surface area contributed by atoms with Crippen LogP contribution in [-0.4, -0.2) is 38.6 Å². The molecule has 0 aliphatic rings. The quantitative estimate of drug-likeness (QED) is 0.644.